The Balaban J connectivity index is 1.40. The van der Waals surface area contributed by atoms with Gasteiger partial charge in [-0.05, 0) is 24.0 Å². The van der Waals surface area contributed by atoms with Gasteiger partial charge in [0.05, 0.1) is 6.20 Å². The van der Waals surface area contributed by atoms with Crippen LogP contribution in [0.15, 0.2) is 42.9 Å². The number of hydrogen-bond donors (Lipinski definition) is 1. The Morgan fingerprint density at radius 2 is 2.09 bits per heavy atom. The lowest BCUT2D eigenvalue weighted by Crippen LogP contribution is -2.33. The van der Waals surface area contributed by atoms with Crippen molar-refractivity contribution in [2.45, 2.75) is 19.4 Å². The molecule has 1 aromatic carbocycles. The molecule has 3 rings (SSSR count). The molecule has 2 aromatic rings. The van der Waals surface area contributed by atoms with Gasteiger partial charge < -0.3 is 5.32 Å². The standard InChI is InChI=1S/C17H20N4O/c22-17(16-12-18-8-9-19-16)20-7-3-10-21-11-6-14-4-1-2-5-15(14)13-21/h1-2,4-5,8-9,12H,3,6-7,10-11,13H2,(H,20,22). The third-order valence-electron chi connectivity index (χ3n) is 3.94. The first-order valence-corrected chi connectivity index (χ1v) is 7.66. The molecule has 0 atom stereocenters. The van der Waals surface area contributed by atoms with E-state index >= 15 is 0 Å². The summed E-state index contributed by atoms with van der Waals surface area (Å²) in [4.78, 5) is 22.2. The number of rotatable bonds is 5. The van der Waals surface area contributed by atoms with Crippen LogP contribution < -0.4 is 5.32 Å². The third-order valence-corrected chi connectivity index (χ3v) is 3.94. The zero-order valence-corrected chi connectivity index (χ0v) is 12.5. The van der Waals surface area contributed by atoms with Crippen molar-refractivity contribution < 1.29 is 4.79 Å². The summed E-state index contributed by atoms with van der Waals surface area (Å²) in [5.41, 5.74) is 3.27. The number of carbonyl (C=O) groups is 1. The van der Waals surface area contributed by atoms with Gasteiger partial charge in [0, 0.05) is 38.6 Å². The fourth-order valence-corrected chi connectivity index (χ4v) is 2.76. The maximum absolute atomic E-state index is 11.8. The van der Waals surface area contributed by atoms with Gasteiger partial charge in [-0.3, -0.25) is 14.7 Å². The molecule has 1 amide bonds. The van der Waals surface area contributed by atoms with Gasteiger partial charge in [-0.15, -0.1) is 0 Å². The van der Waals surface area contributed by atoms with E-state index in [1.54, 1.807) is 6.20 Å². The van der Waals surface area contributed by atoms with Crippen LogP contribution in [0.4, 0.5) is 0 Å². The first kappa shape index (κ1) is 14.7. The number of aromatic nitrogens is 2. The highest BCUT2D eigenvalue weighted by atomic mass is 16.1. The minimum absolute atomic E-state index is 0.155. The number of benzene rings is 1. The van der Waals surface area contributed by atoms with Crippen LogP contribution in [0.1, 0.15) is 28.0 Å². The van der Waals surface area contributed by atoms with Crippen LogP contribution in [0.5, 0.6) is 0 Å². The highest BCUT2D eigenvalue weighted by Gasteiger charge is 2.15. The summed E-state index contributed by atoms with van der Waals surface area (Å²) in [5.74, 6) is -0.155. The summed E-state index contributed by atoms with van der Waals surface area (Å²) in [7, 11) is 0. The largest absolute Gasteiger partial charge is 0.351 e. The van der Waals surface area contributed by atoms with Gasteiger partial charge in [-0.1, -0.05) is 24.3 Å². The average Bonchev–Trinajstić information content (AvgIpc) is 2.59. The molecule has 0 saturated heterocycles. The molecule has 0 saturated carbocycles. The molecule has 0 bridgehead atoms. The summed E-state index contributed by atoms with van der Waals surface area (Å²) in [6.45, 7) is 3.76. The molecular weight excluding hydrogens is 276 g/mol. The fraction of sp³-hybridized carbons (Fsp3) is 0.353. The van der Waals surface area contributed by atoms with Crippen LogP contribution in [-0.2, 0) is 13.0 Å². The molecule has 114 valence electrons. The Kier molecular flexibility index (Phi) is 4.75. The van der Waals surface area contributed by atoms with E-state index in [1.165, 1.54) is 23.5 Å². The van der Waals surface area contributed by atoms with Crippen LogP contribution in [0.2, 0.25) is 0 Å². The molecule has 5 nitrogen and oxygen atoms in total. The number of nitrogens with one attached hydrogen (secondary N) is 1. The molecular formula is C17H20N4O. The van der Waals surface area contributed by atoms with Crippen molar-refractivity contribution in [3.63, 3.8) is 0 Å². The van der Waals surface area contributed by atoms with Crippen molar-refractivity contribution in [1.82, 2.24) is 20.2 Å². The maximum Gasteiger partial charge on any atom is 0.271 e. The summed E-state index contributed by atoms with van der Waals surface area (Å²) < 4.78 is 0. The second-order valence-electron chi connectivity index (χ2n) is 5.49. The molecule has 1 aromatic heterocycles. The van der Waals surface area contributed by atoms with Crippen molar-refractivity contribution >= 4 is 5.91 Å². The highest BCUT2D eigenvalue weighted by molar-refractivity contribution is 5.91. The lowest BCUT2D eigenvalue weighted by molar-refractivity contribution is 0.0946. The van der Waals surface area contributed by atoms with E-state index < -0.39 is 0 Å². The lowest BCUT2D eigenvalue weighted by atomic mass is 10.00. The molecule has 22 heavy (non-hydrogen) atoms. The minimum atomic E-state index is -0.155. The number of fused-ring (bicyclic) bond motifs is 1. The number of carbonyl (C=O) groups excluding carboxylic acids is 1. The Bertz CT molecular complexity index is 630. The average molecular weight is 296 g/mol. The lowest BCUT2D eigenvalue weighted by Gasteiger charge is -2.28. The van der Waals surface area contributed by atoms with Gasteiger partial charge in [-0.25, -0.2) is 4.98 Å². The van der Waals surface area contributed by atoms with Crippen molar-refractivity contribution in [3.05, 3.63) is 59.7 Å². The minimum Gasteiger partial charge on any atom is -0.351 e. The molecule has 5 heteroatoms. The third kappa shape index (κ3) is 3.68. The molecule has 1 aliphatic rings. The molecule has 1 aliphatic heterocycles. The van der Waals surface area contributed by atoms with E-state index in [9.17, 15) is 4.79 Å². The number of nitrogens with zero attached hydrogens (tertiary/aromatic N) is 3. The van der Waals surface area contributed by atoms with Gasteiger partial charge >= 0.3 is 0 Å². The summed E-state index contributed by atoms with van der Waals surface area (Å²) >= 11 is 0. The van der Waals surface area contributed by atoms with Crippen LogP contribution >= 0.6 is 0 Å². The molecule has 0 aliphatic carbocycles. The Morgan fingerprint density at radius 3 is 2.91 bits per heavy atom. The Morgan fingerprint density at radius 1 is 1.23 bits per heavy atom. The predicted molar refractivity (Wildman–Crippen MR) is 84.4 cm³/mol. The summed E-state index contributed by atoms with van der Waals surface area (Å²) in [5, 5.41) is 2.89. The maximum atomic E-state index is 11.8. The van der Waals surface area contributed by atoms with Crippen molar-refractivity contribution in [1.29, 1.82) is 0 Å². The molecule has 1 N–H and O–H groups in total. The molecule has 0 fully saturated rings. The highest BCUT2D eigenvalue weighted by Crippen LogP contribution is 2.18. The number of amides is 1. The van der Waals surface area contributed by atoms with E-state index in [4.69, 9.17) is 0 Å². The van der Waals surface area contributed by atoms with E-state index in [0.29, 0.717) is 12.2 Å². The van der Waals surface area contributed by atoms with Gasteiger partial charge in [0.2, 0.25) is 0 Å². The molecule has 0 spiro atoms. The first-order chi connectivity index (χ1) is 10.8. The monoisotopic (exact) mass is 296 g/mol. The van der Waals surface area contributed by atoms with Crippen LogP contribution in [-0.4, -0.2) is 40.4 Å². The van der Waals surface area contributed by atoms with Gasteiger partial charge in [0.1, 0.15) is 5.69 Å². The SMILES string of the molecule is O=C(NCCCN1CCc2ccccc2C1)c1cnccn1. The van der Waals surface area contributed by atoms with E-state index in [0.717, 1.165) is 32.5 Å². The zero-order chi connectivity index (χ0) is 15.2. The van der Waals surface area contributed by atoms with Gasteiger partial charge in [0.15, 0.2) is 0 Å². The van der Waals surface area contributed by atoms with Crippen LogP contribution in [0, 0.1) is 0 Å². The van der Waals surface area contributed by atoms with Crippen LogP contribution in [0.25, 0.3) is 0 Å². The second kappa shape index (κ2) is 7.13. The first-order valence-electron chi connectivity index (χ1n) is 7.66. The zero-order valence-electron chi connectivity index (χ0n) is 12.5. The smallest absolute Gasteiger partial charge is 0.271 e. The summed E-state index contributed by atoms with van der Waals surface area (Å²) in [6.07, 6.45) is 6.62. The molecule has 0 unspecified atom stereocenters. The predicted octanol–water partition coefficient (Wildman–Crippen LogP) is 1.65. The van der Waals surface area contributed by atoms with Gasteiger partial charge in [0.25, 0.3) is 5.91 Å². The van der Waals surface area contributed by atoms with E-state index in [1.807, 2.05) is 0 Å². The van der Waals surface area contributed by atoms with Crippen molar-refractivity contribution in [3.8, 4) is 0 Å². The van der Waals surface area contributed by atoms with E-state index in [2.05, 4.69) is 44.5 Å². The van der Waals surface area contributed by atoms with Crippen molar-refractivity contribution in [2.75, 3.05) is 19.6 Å². The van der Waals surface area contributed by atoms with E-state index in [-0.39, 0.29) is 5.91 Å². The Labute approximate surface area is 130 Å². The Hall–Kier alpha value is -2.27. The topological polar surface area (TPSA) is 58.1 Å². The molecule has 0 radical (unpaired) electrons. The van der Waals surface area contributed by atoms with Gasteiger partial charge in [-0.2, -0.15) is 0 Å². The fourth-order valence-electron chi connectivity index (χ4n) is 2.76. The summed E-state index contributed by atoms with van der Waals surface area (Å²) in [6, 6.07) is 8.63. The normalized spacial score (nSPS) is 14.4. The van der Waals surface area contributed by atoms with Crippen LogP contribution in [0.3, 0.4) is 0 Å². The second-order valence-corrected chi connectivity index (χ2v) is 5.49. The quantitative estimate of drug-likeness (QED) is 0.853. The van der Waals surface area contributed by atoms with Crippen molar-refractivity contribution in [2.24, 2.45) is 0 Å². The number of hydrogen-bond acceptors (Lipinski definition) is 4. The molecule has 2 heterocycles.